The zero-order valence-electron chi connectivity index (χ0n) is 12.4. The normalized spacial score (nSPS) is 34.7. The summed E-state index contributed by atoms with van der Waals surface area (Å²) in [5.41, 5.74) is 6.06. The van der Waals surface area contributed by atoms with E-state index in [9.17, 15) is 0 Å². The molecule has 4 heteroatoms. The van der Waals surface area contributed by atoms with E-state index in [4.69, 9.17) is 10.5 Å². The Morgan fingerprint density at radius 3 is 2.67 bits per heavy atom. The minimum Gasteiger partial charge on any atom is -0.375 e. The van der Waals surface area contributed by atoms with Crippen LogP contribution >= 0.6 is 0 Å². The predicted molar refractivity (Wildman–Crippen MR) is 74.7 cm³/mol. The Hall–Kier alpha value is -0.160. The third-order valence-corrected chi connectivity index (χ3v) is 4.25. The fourth-order valence-electron chi connectivity index (χ4n) is 3.36. The molecule has 106 valence electrons. The smallest absolute Gasteiger partial charge is 0.0745 e. The lowest BCUT2D eigenvalue weighted by molar-refractivity contribution is -0.104. The van der Waals surface area contributed by atoms with Crippen molar-refractivity contribution in [2.24, 2.45) is 5.73 Å². The monoisotopic (exact) mass is 255 g/mol. The molecule has 0 aromatic rings. The third-order valence-electron chi connectivity index (χ3n) is 4.25. The van der Waals surface area contributed by atoms with Gasteiger partial charge in [0.1, 0.15) is 0 Å². The minimum atomic E-state index is -0.111. The Balaban J connectivity index is 1.97. The van der Waals surface area contributed by atoms with Crippen molar-refractivity contribution in [3.63, 3.8) is 0 Å². The molecule has 0 aromatic carbocycles. The van der Waals surface area contributed by atoms with Crippen molar-refractivity contribution >= 4 is 0 Å². The van der Waals surface area contributed by atoms with E-state index >= 15 is 0 Å². The molecule has 0 spiro atoms. The molecule has 0 bridgehead atoms. The van der Waals surface area contributed by atoms with E-state index in [2.05, 4.69) is 37.7 Å². The molecule has 1 saturated heterocycles. The van der Waals surface area contributed by atoms with Crippen molar-refractivity contribution in [3.05, 3.63) is 0 Å². The van der Waals surface area contributed by atoms with Crippen LogP contribution in [-0.2, 0) is 4.74 Å². The quantitative estimate of drug-likeness (QED) is 0.814. The Bertz CT molecular complexity index is 275. The van der Waals surface area contributed by atoms with Crippen LogP contribution in [0.5, 0.6) is 0 Å². The maximum absolute atomic E-state index is 6.17. The van der Waals surface area contributed by atoms with Crippen molar-refractivity contribution < 1.29 is 4.74 Å². The van der Waals surface area contributed by atoms with Crippen molar-refractivity contribution in [3.8, 4) is 0 Å². The molecular formula is C14H29N3O. The van der Waals surface area contributed by atoms with E-state index < -0.39 is 0 Å². The van der Waals surface area contributed by atoms with Gasteiger partial charge in [0.05, 0.1) is 12.7 Å². The Kier molecular flexibility index (Phi) is 4.32. The Morgan fingerprint density at radius 2 is 2.06 bits per heavy atom. The van der Waals surface area contributed by atoms with Crippen LogP contribution in [0, 0.1) is 0 Å². The molecule has 3 atom stereocenters. The minimum absolute atomic E-state index is 0.111. The van der Waals surface area contributed by atoms with Gasteiger partial charge in [0, 0.05) is 30.7 Å². The van der Waals surface area contributed by atoms with Gasteiger partial charge in [-0.05, 0) is 47.2 Å². The van der Waals surface area contributed by atoms with Gasteiger partial charge < -0.3 is 15.4 Å². The van der Waals surface area contributed by atoms with Crippen LogP contribution in [0.1, 0.15) is 33.1 Å². The summed E-state index contributed by atoms with van der Waals surface area (Å²) in [6, 6.07) is 1.26. The van der Waals surface area contributed by atoms with Gasteiger partial charge in [-0.2, -0.15) is 0 Å². The van der Waals surface area contributed by atoms with E-state index in [-0.39, 0.29) is 5.54 Å². The zero-order valence-corrected chi connectivity index (χ0v) is 12.4. The fraction of sp³-hybridized carbons (Fsp3) is 1.00. The summed E-state index contributed by atoms with van der Waals surface area (Å²) in [5.74, 6) is 0. The number of rotatable bonds is 3. The number of nitrogens with two attached hydrogens (primary N) is 1. The van der Waals surface area contributed by atoms with Crippen LogP contribution in [0.15, 0.2) is 0 Å². The summed E-state index contributed by atoms with van der Waals surface area (Å²) in [4.78, 5) is 4.89. The Labute approximate surface area is 111 Å². The van der Waals surface area contributed by atoms with Crippen LogP contribution in [-0.4, -0.2) is 67.3 Å². The van der Waals surface area contributed by atoms with E-state index in [0.29, 0.717) is 18.2 Å². The van der Waals surface area contributed by atoms with Crippen molar-refractivity contribution in [1.82, 2.24) is 9.80 Å². The van der Waals surface area contributed by atoms with Gasteiger partial charge in [-0.3, -0.25) is 4.90 Å². The van der Waals surface area contributed by atoms with Gasteiger partial charge >= 0.3 is 0 Å². The van der Waals surface area contributed by atoms with Gasteiger partial charge in [-0.25, -0.2) is 0 Å². The van der Waals surface area contributed by atoms with Gasteiger partial charge in [0.25, 0.3) is 0 Å². The van der Waals surface area contributed by atoms with Crippen LogP contribution in [0.3, 0.4) is 0 Å². The molecule has 2 fully saturated rings. The number of ether oxygens (including phenoxy) is 1. The standard InChI is InChI=1S/C14H29N3O/c1-14(2,15)10-17-7-8-18-13-9-11(16(3)4)5-6-12(13)17/h11-13H,5-10,15H2,1-4H3. The largest absolute Gasteiger partial charge is 0.375 e. The molecule has 3 unspecified atom stereocenters. The van der Waals surface area contributed by atoms with Crippen LogP contribution < -0.4 is 5.73 Å². The molecule has 1 aliphatic carbocycles. The summed E-state index contributed by atoms with van der Waals surface area (Å²) in [7, 11) is 4.35. The first-order valence-corrected chi connectivity index (χ1v) is 7.18. The molecular weight excluding hydrogens is 226 g/mol. The van der Waals surface area contributed by atoms with E-state index in [1.807, 2.05) is 0 Å². The highest BCUT2D eigenvalue weighted by Gasteiger charge is 2.39. The maximum atomic E-state index is 6.17. The first kappa shape index (κ1) is 14.3. The van der Waals surface area contributed by atoms with Gasteiger partial charge in [0.2, 0.25) is 0 Å². The van der Waals surface area contributed by atoms with Gasteiger partial charge in [-0.15, -0.1) is 0 Å². The average Bonchev–Trinajstić information content (AvgIpc) is 2.26. The van der Waals surface area contributed by atoms with Crippen molar-refractivity contribution in [1.29, 1.82) is 0 Å². The molecule has 0 aromatic heterocycles. The molecule has 0 radical (unpaired) electrons. The summed E-state index contributed by atoms with van der Waals surface area (Å²) in [5, 5.41) is 0. The first-order valence-electron chi connectivity index (χ1n) is 7.18. The van der Waals surface area contributed by atoms with Crippen LogP contribution in [0.4, 0.5) is 0 Å². The van der Waals surface area contributed by atoms with E-state index in [1.54, 1.807) is 0 Å². The Morgan fingerprint density at radius 1 is 1.33 bits per heavy atom. The highest BCUT2D eigenvalue weighted by Crippen LogP contribution is 2.30. The van der Waals surface area contributed by atoms with Crippen molar-refractivity contribution in [2.75, 3.05) is 33.8 Å². The van der Waals surface area contributed by atoms with E-state index in [0.717, 1.165) is 19.7 Å². The molecule has 1 aliphatic heterocycles. The van der Waals surface area contributed by atoms with Crippen molar-refractivity contribution in [2.45, 2.75) is 56.8 Å². The molecule has 2 rings (SSSR count). The summed E-state index contributed by atoms with van der Waals surface area (Å²) in [6.45, 7) is 7.10. The van der Waals surface area contributed by atoms with Gasteiger partial charge in [-0.1, -0.05) is 0 Å². The summed E-state index contributed by atoms with van der Waals surface area (Å²) >= 11 is 0. The summed E-state index contributed by atoms with van der Waals surface area (Å²) < 4.78 is 6.00. The topological polar surface area (TPSA) is 41.7 Å². The number of hydrogen-bond donors (Lipinski definition) is 1. The lowest BCUT2D eigenvalue weighted by Gasteiger charge is -2.48. The average molecular weight is 255 g/mol. The molecule has 0 amide bonds. The van der Waals surface area contributed by atoms with E-state index in [1.165, 1.54) is 19.3 Å². The highest BCUT2D eigenvalue weighted by molar-refractivity contribution is 4.94. The predicted octanol–water partition coefficient (Wildman–Crippen LogP) is 0.907. The second kappa shape index (κ2) is 5.45. The highest BCUT2D eigenvalue weighted by atomic mass is 16.5. The van der Waals surface area contributed by atoms with Crippen LogP contribution in [0.2, 0.25) is 0 Å². The fourth-order valence-corrected chi connectivity index (χ4v) is 3.36. The number of nitrogens with zero attached hydrogens (tertiary/aromatic N) is 2. The molecule has 2 aliphatic rings. The third kappa shape index (κ3) is 3.44. The number of hydrogen-bond acceptors (Lipinski definition) is 4. The second-order valence-corrected chi connectivity index (χ2v) is 6.87. The number of morpholine rings is 1. The lowest BCUT2D eigenvalue weighted by Crippen LogP contribution is -2.59. The molecule has 1 heterocycles. The molecule has 1 saturated carbocycles. The second-order valence-electron chi connectivity index (χ2n) is 6.87. The molecule has 18 heavy (non-hydrogen) atoms. The zero-order chi connectivity index (χ0) is 13.3. The maximum Gasteiger partial charge on any atom is 0.0745 e. The molecule has 2 N–H and O–H groups in total. The van der Waals surface area contributed by atoms with Gasteiger partial charge in [0.15, 0.2) is 0 Å². The first-order chi connectivity index (χ1) is 8.37. The summed E-state index contributed by atoms with van der Waals surface area (Å²) in [6.07, 6.45) is 4.09. The number of fused-ring (bicyclic) bond motifs is 1. The lowest BCUT2D eigenvalue weighted by atomic mass is 9.85. The SMILES string of the molecule is CN(C)C1CCC2C(C1)OCCN2CC(C)(C)N. The molecule has 4 nitrogen and oxygen atoms in total. The van der Waals surface area contributed by atoms with Crippen LogP contribution in [0.25, 0.3) is 0 Å².